The van der Waals surface area contributed by atoms with E-state index in [1.807, 2.05) is 0 Å². The van der Waals surface area contributed by atoms with Gasteiger partial charge < -0.3 is 19.8 Å². The van der Waals surface area contributed by atoms with Gasteiger partial charge in [0, 0.05) is 10.5 Å². The molecule has 0 aliphatic heterocycles. The van der Waals surface area contributed by atoms with Crippen molar-refractivity contribution in [2.45, 2.75) is 202 Å². The Balaban J connectivity index is -0.000000566. The zero-order valence-electron chi connectivity index (χ0n) is 29.3. The van der Waals surface area contributed by atoms with Gasteiger partial charge in [-0.15, -0.1) is 0 Å². The number of unbranched alkanes of at least 4 members (excludes halogenated alkanes) is 12. The van der Waals surface area contributed by atoms with Crippen molar-refractivity contribution in [3.8, 4) is 0 Å². The predicted octanol–water partition coefficient (Wildman–Crippen LogP) is 9.53. The second-order valence-corrected chi connectivity index (χ2v) is 17.8. The van der Waals surface area contributed by atoms with Crippen molar-refractivity contribution in [2.75, 3.05) is 0 Å². The number of rotatable bonds is 28. The second-order valence-electron chi connectivity index (χ2n) is 12.3. The summed E-state index contributed by atoms with van der Waals surface area (Å²) in [5, 5.41) is 19.7. The average Bonchev–Trinajstić information content (AvgIpc) is 3.00. The first-order valence-corrected chi connectivity index (χ1v) is 23.2. The Morgan fingerprint density at radius 3 is 1.09 bits per heavy atom. The van der Waals surface area contributed by atoms with Crippen molar-refractivity contribution < 1.29 is 19.8 Å². The minimum absolute atomic E-state index is 0.0736. The van der Waals surface area contributed by atoms with Crippen molar-refractivity contribution in [1.29, 1.82) is 0 Å². The minimum atomic E-state index is -1.04. The van der Waals surface area contributed by atoms with Crippen molar-refractivity contribution in [1.82, 2.24) is 0 Å². The van der Waals surface area contributed by atoms with Gasteiger partial charge in [0.05, 0.1) is 11.9 Å². The van der Waals surface area contributed by atoms with E-state index in [2.05, 4.69) is 66.8 Å². The van der Waals surface area contributed by atoms with Gasteiger partial charge >= 0.3 is 121 Å². The van der Waals surface area contributed by atoms with E-state index in [0.717, 1.165) is 25.7 Å². The molecule has 0 bridgehead atoms. The summed E-state index contributed by atoms with van der Waals surface area (Å²) >= 11 is 8.03. The number of thiol groups is 2. The Bertz CT molecular complexity index is 531. The predicted molar refractivity (Wildman–Crippen MR) is 194 cm³/mol. The fourth-order valence-corrected chi connectivity index (χ4v) is 9.14. The molecule has 0 saturated heterocycles. The van der Waals surface area contributed by atoms with Gasteiger partial charge in [0.15, 0.2) is 0 Å². The van der Waals surface area contributed by atoms with Gasteiger partial charge in [0.2, 0.25) is 0 Å². The van der Waals surface area contributed by atoms with Crippen LogP contribution < -0.4 is 10.2 Å². The van der Waals surface area contributed by atoms with Crippen LogP contribution in [0.25, 0.3) is 0 Å². The van der Waals surface area contributed by atoms with Gasteiger partial charge in [0.25, 0.3) is 0 Å². The molecule has 4 atom stereocenters. The van der Waals surface area contributed by atoms with Crippen LogP contribution in [0, 0.1) is 11.8 Å². The molecule has 0 aliphatic carbocycles. The third-order valence-corrected chi connectivity index (χ3v) is 13.0. The fraction of sp³-hybridized carbons (Fsp3) is 0.944. The number of carboxylic acids is 2. The van der Waals surface area contributed by atoms with Gasteiger partial charge in [0.1, 0.15) is 0 Å². The van der Waals surface area contributed by atoms with E-state index in [0.29, 0.717) is 24.7 Å². The summed E-state index contributed by atoms with van der Waals surface area (Å²) in [6.45, 7) is 13.1. The van der Waals surface area contributed by atoms with E-state index >= 15 is 0 Å². The molecule has 0 amide bonds. The standard InChI is InChI=1S/2C10H20O2S.2C8H17.Sn/c2*1-3-5-6-8(4-2)7-9(13)10(11)12;2*1-3-5-7-8-6-4-2;/h2*8-9,13H,3-7H2,1-2H3,(H,11,12);2*1,3-8H2,2H3;/q;;;;+2/p-2. The Hall–Kier alpha value is 0.439. The molecule has 0 fully saturated rings. The van der Waals surface area contributed by atoms with Gasteiger partial charge in [-0.2, -0.15) is 25.3 Å². The molecule has 43 heavy (non-hydrogen) atoms. The molecule has 7 heteroatoms. The summed E-state index contributed by atoms with van der Waals surface area (Å²) in [6.07, 6.45) is 28.1. The average molecular weight is 752 g/mol. The molecule has 0 aromatic heterocycles. The van der Waals surface area contributed by atoms with Crippen LogP contribution in [0.3, 0.4) is 0 Å². The topological polar surface area (TPSA) is 80.3 Å². The quantitative estimate of drug-likeness (QED) is 0.0475. The Kier molecular flexibility index (Phi) is 43.0. The third-order valence-electron chi connectivity index (χ3n) is 8.16. The SMILES string of the molecule is CCCCC(CC)CC(S)C(=O)[O-].CCCCC(CC)CC(S)C(=O)[O-].CCCCCCC[CH2][Sn+2][CH2]CCCCCCC. The summed E-state index contributed by atoms with van der Waals surface area (Å²) in [5.74, 6) is -1.11. The van der Waals surface area contributed by atoms with Crippen LogP contribution in [-0.2, 0) is 9.59 Å². The van der Waals surface area contributed by atoms with E-state index in [4.69, 9.17) is 0 Å². The van der Waals surface area contributed by atoms with Gasteiger partial charge in [-0.1, -0.05) is 79.1 Å². The van der Waals surface area contributed by atoms with Crippen LogP contribution in [0.4, 0.5) is 0 Å². The van der Waals surface area contributed by atoms with Gasteiger partial charge in [-0.3, -0.25) is 0 Å². The first kappa shape index (κ1) is 47.8. The van der Waals surface area contributed by atoms with Crippen molar-refractivity contribution >= 4 is 58.3 Å². The van der Waals surface area contributed by atoms with Gasteiger partial charge in [-0.25, -0.2) is 0 Å². The monoisotopic (exact) mass is 752 g/mol. The first-order valence-electron chi connectivity index (χ1n) is 18.1. The zero-order valence-corrected chi connectivity index (χ0v) is 34.0. The van der Waals surface area contributed by atoms with E-state index < -0.39 is 22.4 Å². The number of carboxylic acid groups (broad SMARTS) is 2. The molecule has 0 spiro atoms. The maximum atomic E-state index is 10.4. The summed E-state index contributed by atoms with van der Waals surface area (Å²) < 4.78 is 3.31. The number of aliphatic carboxylic acids is 2. The van der Waals surface area contributed by atoms with Crippen LogP contribution >= 0.6 is 25.3 Å². The molecule has 0 radical (unpaired) electrons. The van der Waals surface area contributed by atoms with E-state index in [1.54, 1.807) is 21.7 Å². The molecule has 0 rings (SSSR count). The molecule has 0 heterocycles. The summed E-state index contributed by atoms with van der Waals surface area (Å²) in [7, 11) is 0. The molecule has 0 aromatic rings. The summed E-state index contributed by atoms with van der Waals surface area (Å²) in [6, 6.07) is 0. The van der Waals surface area contributed by atoms with E-state index in [9.17, 15) is 19.8 Å². The number of carbonyl (C=O) groups excluding carboxylic acids is 2. The Morgan fingerprint density at radius 1 is 0.512 bits per heavy atom. The van der Waals surface area contributed by atoms with Crippen molar-refractivity contribution in [3.63, 3.8) is 0 Å². The molecular weight excluding hydrogens is 679 g/mol. The fourth-order valence-electron chi connectivity index (χ4n) is 4.97. The van der Waals surface area contributed by atoms with Crippen LogP contribution in [0.2, 0.25) is 8.87 Å². The van der Waals surface area contributed by atoms with Crippen LogP contribution in [0.5, 0.6) is 0 Å². The van der Waals surface area contributed by atoms with Crippen LogP contribution in [0.1, 0.15) is 183 Å². The van der Waals surface area contributed by atoms with Crippen LogP contribution in [0.15, 0.2) is 0 Å². The van der Waals surface area contributed by atoms with Crippen molar-refractivity contribution in [2.24, 2.45) is 11.8 Å². The number of carbonyl (C=O) groups is 2. The van der Waals surface area contributed by atoms with E-state index in [1.165, 1.54) is 89.9 Å². The van der Waals surface area contributed by atoms with Crippen LogP contribution in [-0.4, -0.2) is 43.6 Å². The first-order chi connectivity index (χ1) is 20.6. The second kappa shape index (κ2) is 38.6. The van der Waals surface area contributed by atoms with E-state index in [-0.39, 0.29) is 21.1 Å². The molecule has 4 unspecified atom stereocenters. The summed E-state index contributed by atoms with van der Waals surface area (Å²) in [5.41, 5.74) is 0. The molecule has 0 aliphatic rings. The molecule has 0 aromatic carbocycles. The number of hydrogen-bond donors (Lipinski definition) is 2. The van der Waals surface area contributed by atoms with Gasteiger partial charge in [-0.05, 0) is 24.7 Å². The molecule has 256 valence electrons. The maximum absolute atomic E-state index is 10.4. The van der Waals surface area contributed by atoms with Crippen molar-refractivity contribution in [3.05, 3.63) is 0 Å². The molecule has 4 nitrogen and oxygen atoms in total. The summed E-state index contributed by atoms with van der Waals surface area (Å²) in [4.78, 5) is 20.9. The molecule has 0 N–H and O–H groups in total. The normalized spacial score (nSPS) is 13.4. The Morgan fingerprint density at radius 2 is 0.814 bits per heavy atom. The Labute approximate surface area is 290 Å². The molecular formula is C36H72O4S2Sn. The zero-order chi connectivity index (χ0) is 33.1. The molecule has 0 saturated carbocycles. The number of hydrogen-bond acceptors (Lipinski definition) is 6. The third kappa shape index (κ3) is 38.5.